The number of anilines is 1. The number of unbranched alkanes of at least 4 members (excludes halogenated alkanes) is 1. The first-order valence-corrected chi connectivity index (χ1v) is 16.2. The van der Waals surface area contributed by atoms with E-state index in [2.05, 4.69) is 9.88 Å². The normalized spacial score (nSPS) is 17.5. The van der Waals surface area contributed by atoms with E-state index in [1.165, 1.54) is 6.07 Å². The van der Waals surface area contributed by atoms with Gasteiger partial charge in [-0.3, -0.25) is 19.4 Å². The van der Waals surface area contributed by atoms with Gasteiger partial charge in [-0.15, -0.1) is 0 Å². The fourth-order valence-corrected chi connectivity index (χ4v) is 7.08. The number of amides is 1. The maximum Gasteiger partial charge on any atom is 0.264 e. The molecule has 9 nitrogen and oxygen atoms in total. The molecule has 0 bridgehead atoms. The van der Waals surface area contributed by atoms with Crippen LogP contribution in [-0.4, -0.2) is 42.4 Å². The highest BCUT2D eigenvalue weighted by atomic mass is 35.5. The van der Waals surface area contributed by atoms with Gasteiger partial charge in [0.25, 0.3) is 15.9 Å². The van der Waals surface area contributed by atoms with Gasteiger partial charge in [-0.25, -0.2) is 8.42 Å². The Morgan fingerprint density at radius 2 is 1.83 bits per heavy atom. The molecule has 2 aliphatic rings. The van der Waals surface area contributed by atoms with Crippen molar-refractivity contribution >= 4 is 39.2 Å². The fourth-order valence-electron chi connectivity index (χ4n) is 5.54. The lowest BCUT2D eigenvalue weighted by atomic mass is 9.96. The molecule has 1 spiro atoms. The molecule has 0 saturated heterocycles. The third-order valence-electron chi connectivity index (χ3n) is 7.69. The van der Waals surface area contributed by atoms with E-state index in [1.807, 2.05) is 26.0 Å². The number of hydrogen-bond donors (Lipinski definition) is 1. The first kappa shape index (κ1) is 27.6. The molecule has 2 aromatic carbocycles. The molecule has 1 N–H and O–H groups in total. The van der Waals surface area contributed by atoms with Gasteiger partial charge in [0.05, 0.1) is 15.8 Å². The van der Waals surface area contributed by atoms with E-state index in [1.54, 1.807) is 31.2 Å². The van der Waals surface area contributed by atoms with E-state index in [-0.39, 0.29) is 39.2 Å². The van der Waals surface area contributed by atoms with Crippen LogP contribution in [0.3, 0.4) is 0 Å². The summed E-state index contributed by atoms with van der Waals surface area (Å²) in [5.74, 6) is -0.0888. The second-order valence-electron chi connectivity index (χ2n) is 10.6. The smallest absolute Gasteiger partial charge is 0.264 e. The standard InChI is InChI=1S/C31H37ClN4O5S/c1-4-6-16-26-33-31(17-9-10-18-31)30(37)36(26)19-22-13-11-15-25(24-14-8-7-12-23(24)20-40-5-2)28(22)42(38,39)35-29-27(32)21(3)41-34-29/h7-8,11-15H,4-6,9-10,16-20H2,1-3H3,(H,34,35)/i19D2. The molecule has 224 valence electrons. The number of sulfonamides is 1. The lowest BCUT2D eigenvalue weighted by Gasteiger charge is -2.25. The van der Waals surface area contributed by atoms with Gasteiger partial charge in [0.1, 0.15) is 21.3 Å². The van der Waals surface area contributed by atoms with Gasteiger partial charge < -0.3 is 9.26 Å². The van der Waals surface area contributed by atoms with Gasteiger partial charge in [-0.2, -0.15) is 0 Å². The van der Waals surface area contributed by atoms with E-state index < -0.39 is 28.0 Å². The number of halogens is 1. The van der Waals surface area contributed by atoms with Gasteiger partial charge in [0, 0.05) is 18.6 Å². The number of ether oxygens (including phenoxy) is 1. The quantitative estimate of drug-likeness (QED) is 0.238. The summed E-state index contributed by atoms with van der Waals surface area (Å²) in [6.07, 6.45) is 4.64. The maximum atomic E-state index is 14.4. The topological polar surface area (TPSA) is 114 Å². The number of carbonyl (C=O) groups excluding carboxylic acids is 1. The van der Waals surface area contributed by atoms with Gasteiger partial charge in [-0.05, 0) is 49.8 Å². The van der Waals surface area contributed by atoms with E-state index in [9.17, 15) is 16.0 Å². The van der Waals surface area contributed by atoms with Gasteiger partial charge in [0.15, 0.2) is 5.76 Å². The Bertz CT molecular complexity index is 1690. The monoisotopic (exact) mass is 614 g/mol. The third-order valence-corrected chi connectivity index (χ3v) is 9.58. The highest BCUT2D eigenvalue weighted by Crippen LogP contribution is 2.41. The highest BCUT2D eigenvalue weighted by molar-refractivity contribution is 7.93. The number of benzene rings is 2. The molecule has 1 saturated carbocycles. The Hall–Kier alpha value is -3.21. The molecule has 0 unspecified atom stereocenters. The molecule has 0 radical (unpaired) electrons. The molecule has 0 atom stereocenters. The molecule has 3 aromatic rings. The molecular formula is C31H37ClN4O5S. The number of carbonyl (C=O) groups is 1. The lowest BCUT2D eigenvalue weighted by molar-refractivity contribution is -0.131. The van der Waals surface area contributed by atoms with Crippen LogP contribution < -0.4 is 4.72 Å². The summed E-state index contributed by atoms with van der Waals surface area (Å²) in [5.41, 5.74) is 0.270. The Kier molecular flexibility index (Phi) is 8.26. The second kappa shape index (κ2) is 12.6. The van der Waals surface area contributed by atoms with Gasteiger partial charge >= 0.3 is 0 Å². The molecule has 1 aromatic heterocycles. The number of rotatable bonds is 12. The maximum absolute atomic E-state index is 14.4. The zero-order chi connectivity index (χ0) is 31.7. The summed E-state index contributed by atoms with van der Waals surface area (Å²) < 4.78 is 60.9. The molecule has 1 fully saturated rings. The largest absolute Gasteiger partial charge is 0.377 e. The number of hydrogen-bond acceptors (Lipinski definition) is 7. The number of aliphatic imine (C=N–C) groups is 1. The van der Waals surface area contributed by atoms with Crippen molar-refractivity contribution in [3.05, 3.63) is 64.4 Å². The van der Waals surface area contributed by atoms with Crippen LogP contribution in [0.4, 0.5) is 5.82 Å². The van der Waals surface area contributed by atoms with Crippen LogP contribution in [0.25, 0.3) is 11.1 Å². The van der Waals surface area contributed by atoms with Crippen molar-refractivity contribution in [1.29, 1.82) is 0 Å². The highest BCUT2D eigenvalue weighted by Gasteiger charge is 2.49. The van der Waals surface area contributed by atoms with Crippen LogP contribution in [0, 0.1) is 6.92 Å². The molecule has 1 amide bonds. The van der Waals surface area contributed by atoms with Crippen molar-refractivity contribution in [3.63, 3.8) is 0 Å². The first-order valence-electron chi connectivity index (χ1n) is 15.3. The first-order chi connectivity index (χ1) is 21.0. The van der Waals surface area contributed by atoms with E-state index in [0.29, 0.717) is 49.3 Å². The van der Waals surface area contributed by atoms with Crippen LogP contribution in [0.15, 0.2) is 56.9 Å². The van der Waals surface area contributed by atoms with Crippen molar-refractivity contribution in [2.75, 3.05) is 11.3 Å². The summed E-state index contributed by atoms with van der Waals surface area (Å²) in [6.45, 7) is 3.51. The Labute approximate surface area is 255 Å². The predicted molar refractivity (Wildman–Crippen MR) is 163 cm³/mol. The van der Waals surface area contributed by atoms with Crippen molar-refractivity contribution in [2.24, 2.45) is 4.99 Å². The summed E-state index contributed by atoms with van der Waals surface area (Å²) in [4.78, 5) is 19.7. The molecule has 11 heteroatoms. The minimum atomic E-state index is -4.58. The summed E-state index contributed by atoms with van der Waals surface area (Å²) in [5, 5.41) is 3.75. The van der Waals surface area contributed by atoms with E-state index in [0.717, 1.165) is 24.2 Å². The average Bonchev–Trinajstić information content (AvgIpc) is 3.69. The van der Waals surface area contributed by atoms with E-state index in [4.69, 9.17) is 25.9 Å². The third kappa shape index (κ3) is 5.85. The van der Waals surface area contributed by atoms with Crippen LogP contribution in [0.1, 0.15) is 78.4 Å². The SMILES string of the molecule is [2H]C([2H])(c1cccc(-c2ccccc2COCC)c1S(=O)(=O)Nc1noc(C)c1Cl)N1C(=O)C2(CCCC2)N=C1CCCC. The molecule has 5 rings (SSSR count). The van der Waals surface area contributed by atoms with Crippen molar-refractivity contribution in [2.45, 2.75) is 89.3 Å². The van der Waals surface area contributed by atoms with Gasteiger partial charge in [-0.1, -0.05) is 85.4 Å². The van der Waals surface area contributed by atoms with Crippen molar-refractivity contribution in [1.82, 2.24) is 10.1 Å². The number of amidine groups is 1. The lowest BCUT2D eigenvalue weighted by Crippen LogP contribution is -2.41. The van der Waals surface area contributed by atoms with Gasteiger partial charge in [0.2, 0.25) is 5.82 Å². The Balaban J connectivity index is 1.73. The number of aromatic nitrogens is 1. The Morgan fingerprint density at radius 1 is 1.12 bits per heavy atom. The molecule has 1 aliphatic heterocycles. The Morgan fingerprint density at radius 3 is 2.52 bits per heavy atom. The molecule has 1 aliphatic carbocycles. The summed E-state index contributed by atoms with van der Waals surface area (Å²) in [6, 6.07) is 11.8. The zero-order valence-electron chi connectivity index (χ0n) is 26.1. The zero-order valence-corrected chi connectivity index (χ0v) is 25.6. The van der Waals surface area contributed by atoms with Crippen LogP contribution >= 0.6 is 11.6 Å². The van der Waals surface area contributed by atoms with Crippen molar-refractivity contribution < 1.29 is 25.2 Å². The second-order valence-corrected chi connectivity index (χ2v) is 12.6. The van der Waals surface area contributed by atoms with Crippen molar-refractivity contribution in [3.8, 4) is 11.1 Å². The fraction of sp³-hybridized carbons (Fsp3) is 0.452. The van der Waals surface area contributed by atoms with Crippen LogP contribution in [0.2, 0.25) is 5.02 Å². The molecule has 2 heterocycles. The minimum Gasteiger partial charge on any atom is -0.377 e. The summed E-state index contributed by atoms with van der Waals surface area (Å²) >= 11 is 6.29. The average molecular weight is 615 g/mol. The molecule has 42 heavy (non-hydrogen) atoms. The predicted octanol–water partition coefficient (Wildman–Crippen LogP) is 6.88. The van der Waals surface area contributed by atoms with Crippen LogP contribution in [-0.2, 0) is 32.7 Å². The number of nitrogens with zero attached hydrogens (tertiary/aromatic N) is 3. The minimum absolute atomic E-state index is 0.0146. The summed E-state index contributed by atoms with van der Waals surface area (Å²) in [7, 11) is -4.58. The van der Waals surface area contributed by atoms with Crippen LogP contribution in [0.5, 0.6) is 0 Å². The van der Waals surface area contributed by atoms with E-state index >= 15 is 0 Å². The molecular weight excluding hydrogens is 576 g/mol. The number of nitrogens with one attached hydrogen (secondary N) is 1. The number of aryl methyl sites for hydroxylation is 1.